The zero-order chi connectivity index (χ0) is 24.8. The topological polar surface area (TPSA) is 96.1 Å². The first-order valence-electron chi connectivity index (χ1n) is 11.2. The van der Waals surface area contributed by atoms with Crippen molar-refractivity contribution in [3.05, 3.63) is 16.7 Å². The van der Waals surface area contributed by atoms with Crippen molar-refractivity contribution in [2.75, 3.05) is 25.6 Å². The number of carbonyl (C=O) groups is 1. The molecule has 0 fully saturated rings. The molecule has 0 saturated heterocycles. The first kappa shape index (κ1) is 25.6. The van der Waals surface area contributed by atoms with E-state index >= 15 is 0 Å². The summed E-state index contributed by atoms with van der Waals surface area (Å²) in [6, 6.07) is 0. The monoisotopic (exact) mass is 497 g/mol. The summed E-state index contributed by atoms with van der Waals surface area (Å²) in [5.74, 6) is 0.965. The Bertz CT molecular complexity index is 953. The van der Waals surface area contributed by atoms with E-state index in [2.05, 4.69) is 38.8 Å². The van der Waals surface area contributed by atoms with Gasteiger partial charge < -0.3 is 29.3 Å². The molecule has 2 N–H and O–H groups in total. The minimum Gasteiger partial charge on any atom is -0.451 e. The maximum absolute atomic E-state index is 13.0. The van der Waals surface area contributed by atoms with Crippen LogP contribution in [0, 0.1) is 0 Å². The number of nitrogen functional groups attached to an aromatic ring is 1. The van der Waals surface area contributed by atoms with Crippen molar-refractivity contribution in [2.45, 2.75) is 77.8 Å². The molecule has 0 spiro atoms. The van der Waals surface area contributed by atoms with Crippen LogP contribution in [0.25, 0.3) is 5.57 Å². The van der Waals surface area contributed by atoms with E-state index in [0.29, 0.717) is 41.7 Å². The molecule has 0 aromatic carbocycles. The number of anilines is 1. The highest BCUT2D eigenvalue weighted by Crippen LogP contribution is 2.46. The van der Waals surface area contributed by atoms with Gasteiger partial charge in [0.15, 0.2) is 14.1 Å². The normalized spacial score (nSPS) is 19.2. The maximum atomic E-state index is 13.0. The lowest BCUT2D eigenvalue weighted by Crippen LogP contribution is -2.48. The number of fused-ring (bicyclic) bond motifs is 1. The van der Waals surface area contributed by atoms with E-state index in [1.54, 1.807) is 4.90 Å². The zero-order valence-electron chi connectivity index (χ0n) is 20.9. The lowest BCUT2D eigenvalue weighted by atomic mass is 9.99. The van der Waals surface area contributed by atoms with Crippen molar-refractivity contribution in [3.8, 4) is 11.6 Å². The van der Waals surface area contributed by atoms with Crippen LogP contribution in [0.5, 0.6) is 11.6 Å². The highest BCUT2D eigenvalue weighted by atomic mass is 35.5. The molecule has 1 atom stereocenters. The number of hydrogen-bond acceptors (Lipinski definition) is 7. The van der Waals surface area contributed by atoms with Gasteiger partial charge in [-0.3, -0.25) is 0 Å². The van der Waals surface area contributed by atoms with Crippen LogP contribution in [0.2, 0.25) is 23.2 Å². The smallest absolute Gasteiger partial charge is 0.410 e. The molecule has 0 radical (unpaired) electrons. The summed E-state index contributed by atoms with van der Waals surface area (Å²) in [6.45, 7) is 17.3. The summed E-state index contributed by atoms with van der Waals surface area (Å²) >= 11 is 6.60. The van der Waals surface area contributed by atoms with Crippen molar-refractivity contribution in [2.24, 2.45) is 0 Å². The Morgan fingerprint density at radius 3 is 2.52 bits per heavy atom. The van der Waals surface area contributed by atoms with Crippen molar-refractivity contribution < 1.29 is 23.4 Å². The molecule has 184 valence electrons. The predicted octanol–water partition coefficient (Wildman–Crippen LogP) is 5.46. The lowest BCUT2D eigenvalue weighted by Gasteiger charge is -2.40. The minimum absolute atomic E-state index is 0.0108. The Balaban J connectivity index is 2.01. The maximum Gasteiger partial charge on any atom is 0.410 e. The molecule has 0 aliphatic carbocycles. The highest BCUT2D eigenvalue weighted by Gasteiger charge is 2.41. The third kappa shape index (κ3) is 5.75. The van der Waals surface area contributed by atoms with E-state index in [4.69, 9.17) is 36.0 Å². The second-order valence-corrected chi connectivity index (χ2v) is 16.2. The van der Waals surface area contributed by atoms with Crippen molar-refractivity contribution in [1.29, 1.82) is 0 Å². The molecule has 3 rings (SSSR count). The van der Waals surface area contributed by atoms with Crippen LogP contribution in [-0.4, -0.2) is 55.9 Å². The molecule has 33 heavy (non-hydrogen) atoms. The minimum atomic E-state index is -2.13. The molecule has 10 heteroatoms. The molecular weight excluding hydrogens is 462 g/mol. The van der Waals surface area contributed by atoms with E-state index in [9.17, 15) is 4.79 Å². The fraction of sp³-hybridized carbons (Fsp3) is 0.652. The number of carbonyl (C=O) groups excluding carboxylic acids is 1. The number of hydrogen-bond donors (Lipinski definition) is 1. The van der Waals surface area contributed by atoms with E-state index in [1.165, 1.54) is 0 Å². The number of nitrogens with two attached hydrogens (primary N) is 1. The van der Waals surface area contributed by atoms with Gasteiger partial charge in [-0.2, -0.15) is 4.98 Å². The number of aromatic nitrogens is 1. The summed E-state index contributed by atoms with van der Waals surface area (Å²) < 4.78 is 23.6. The Kier molecular flexibility index (Phi) is 6.99. The fourth-order valence-electron chi connectivity index (χ4n) is 3.49. The Hall–Kier alpha value is -1.97. The number of ether oxygens (including phenoxy) is 3. The molecule has 1 amide bonds. The van der Waals surface area contributed by atoms with E-state index in [0.717, 1.165) is 5.57 Å². The number of amides is 1. The molecule has 2 aliphatic heterocycles. The lowest BCUT2D eigenvalue weighted by molar-refractivity contribution is 0.0196. The van der Waals surface area contributed by atoms with Gasteiger partial charge in [0.1, 0.15) is 11.4 Å². The summed E-state index contributed by atoms with van der Waals surface area (Å²) in [7, 11) is -2.13. The van der Waals surface area contributed by atoms with Crippen molar-refractivity contribution >= 4 is 37.4 Å². The van der Waals surface area contributed by atoms with E-state index in [1.807, 2.05) is 26.8 Å². The Morgan fingerprint density at radius 2 is 1.91 bits per heavy atom. The largest absolute Gasteiger partial charge is 0.451 e. The number of nitrogens with zero attached hydrogens (tertiary/aromatic N) is 2. The first-order chi connectivity index (χ1) is 15.1. The molecule has 2 aliphatic rings. The summed E-state index contributed by atoms with van der Waals surface area (Å²) in [6.07, 6.45) is 1.86. The van der Waals surface area contributed by atoms with E-state index < -0.39 is 13.9 Å². The number of pyridine rings is 1. The highest BCUT2D eigenvalue weighted by molar-refractivity contribution is 6.74. The predicted molar refractivity (Wildman–Crippen MR) is 132 cm³/mol. The van der Waals surface area contributed by atoms with Crippen LogP contribution in [0.3, 0.4) is 0 Å². The molecule has 1 unspecified atom stereocenters. The molecule has 3 heterocycles. The fourth-order valence-corrected chi connectivity index (χ4v) is 5.09. The standard InChI is InChI=1S/C23H36ClN3O5Si/c1-22(2,3)31-21(28)27-10-9-14(11-15(12-27)32-33(7,8)23(4,5)6)16-17(24)19(25)26-20-18(16)29-13-30-20/h9,15H,10-13H2,1-8H3,(H2,25,26). The third-order valence-corrected chi connectivity index (χ3v) is 11.1. The van der Waals surface area contributed by atoms with Gasteiger partial charge in [-0.05, 0) is 50.9 Å². The quantitative estimate of drug-likeness (QED) is 0.553. The van der Waals surface area contributed by atoms with E-state index in [-0.39, 0.29) is 29.8 Å². The SMILES string of the molecule is CC(C)(C)OC(=O)N1CC=C(c2c(Cl)c(N)nc3c2OCO3)CC(O[Si](C)(C)C(C)(C)C)C1. The number of rotatable bonds is 3. The van der Waals surface area contributed by atoms with Crippen LogP contribution in [0.4, 0.5) is 10.6 Å². The van der Waals surface area contributed by atoms with Crippen molar-refractivity contribution in [3.63, 3.8) is 0 Å². The average Bonchev–Trinajstić information content (AvgIpc) is 2.99. The van der Waals surface area contributed by atoms with Gasteiger partial charge in [-0.15, -0.1) is 0 Å². The van der Waals surface area contributed by atoms with Gasteiger partial charge in [-0.25, -0.2) is 4.79 Å². The molecule has 0 bridgehead atoms. The molecule has 8 nitrogen and oxygen atoms in total. The van der Waals surface area contributed by atoms with Crippen molar-refractivity contribution in [1.82, 2.24) is 9.88 Å². The Morgan fingerprint density at radius 1 is 1.24 bits per heavy atom. The van der Waals surface area contributed by atoms with Gasteiger partial charge in [0.05, 0.1) is 11.1 Å². The van der Waals surface area contributed by atoms with Gasteiger partial charge in [0.2, 0.25) is 6.79 Å². The molecular formula is C23H36ClN3O5Si. The van der Waals surface area contributed by atoms with Gasteiger partial charge in [0.25, 0.3) is 5.88 Å². The Labute approximate surface area is 202 Å². The van der Waals surface area contributed by atoms with Gasteiger partial charge >= 0.3 is 6.09 Å². The van der Waals surface area contributed by atoms with Gasteiger partial charge in [0, 0.05) is 18.7 Å². The van der Waals surface area contributed by atoms with Crippen LogP contribution in [0.15, 0.2) is 6.08 Å². The molecule has 0 saturated carbocycles. The van der Waals surface area contributed by atoms with Gasteiger partial charge in [-0.1, -0.05) is 38.4 Å². The third-order valence-electron chi connectivity index (χ3n) is 6.16. The summed E-state index contributed by atoms with van der Waals surface area (Å²) in [5.41, 5.74) is 6.99. The number of halogens is 1. The molecule has 1 aromatic rings. The summed E-state index contributed by atoms with van der Waals surface area (Å²) in [4.78, 5) is 18.8. The van der Waals surface area contributed by atoms with Crippen LogP contribution >= 0.6 is 11.6 Å². The zero-order valence-corrected chi connectivity index (χ0v) is 22.6. The first-order valence-corrected chi connectivity index (χ1v) is 14.5. The second-order valence-electron chi connectivity index (χ2n) is 11.0. The van der Waals surface area contributed by atoms with Crippen LogP contribution in [-0.2, 0) is 9.16 Å². The average molecular weight is 498 g/mol. The summed E-state index contributed by atoms with van der Waals surface area (Å²) in [5, 5.41) is 0.318. The second kappa shape index (κ2) is 9.00. The van der Waals surface area contributed by atoms with Crippen LogP contribution < -0.4 is 15.2 Å². The molecule has 1 aromatic heterocycles. The van der Waals surface area contributed by atoms with Crippen LogP contribution in [0.1, 0.15) is 53.5 Å².